The number of anilines is 1. The number of nitrogens with zero attached hydrogens (tertiary/aromatic N) is 4. The fraction of sp³-hybridized carbons (Fsp3) is 0.500. The third-order valence-corrected chi connectivity index (χ3v) is 4.55. The van der Waals surface area contributed by atoms with Gasteiger partial charge in [-0.1, -0.05) is 26.8 Å². The summed E-state index contributed by atoms with van der Waals surface area (Å²) in [6.07, 6.45) is 4.36. The number of carbonyl (C=O) groups excluding carboxylic acids is 1. The zero-order chi connectivity index (χ0) is 18.7. The Morgan fingerprint density at radius 3 is 2.58 bits per heavy atom. The lowest BCUT2D eigenvalue weighted by Crippen LogP contribution is -2.50. The van der Waals surface area contributed by atoms with Crippen molar-refractivity contribution < 1.29 is 9.53 Å². The average Bonchev–Trinajstić information content (AvgIpc) is 3.10. The number of hydrogen-bond acceptors (Lipinski definition) is 4. The van der Waals surface area contributed by atoms with Crippen LogP contribution in [0.3, 0.4) is 0 Å². The molecule has 0 saturated carbocycles. The van der Waals surface area contributed by atoms with Gasteiger partial charge in [0.2, 0.25) is 11.9 Å². The maximum Gasteiger partial charge on any atom is 0.223 e. The van der Waals surface area contributed by atoms with Crippen molar-refractivity contribution in [3.8, 4) is 11.4 Å². The van der Waals surface area contributed by atoms with Crippen molar-refractivity contribution in [3.05, 3.63) is 36.7 Å². The van der Waals surface area contributed by atoms with Gasteiger partial charge in [-0.25, -0.2) is 4.98 Å². The largest absolute Gasteiger partial charge is 0.497 e. The molecule has 0 spiro atoms. The zero-order valence-corrected chi connectivity index (χ0v) is 16.1. The van der Waals surface area contributed by atoms with E-state index in [1.54, 1.807) is 7.11 Å². The SMILES string of the molecule is COc1cccc(-n2ccnc2N2CCN(C(=O)CC(C)(C)C)CC2)c1. The summed E-state index contributed by atoms with van der Waals surface area (Å²) in [4.78, 5) is 21.2. The van der Waals surface area contributed by atoms with Gasteiger partial charge in [-0.05, 0) is 17.5 Å². The third kappa shape index (κ3) is 4.18. The molecule has 1 fully saturated rings. The molecule has 1 aromatic heterocycles. The van der Waals surface area contributed by atoms with Crippen LogP contribution >= 0.6 is 0 Å². The van der Waals surface area contributed by atoms with Gasteiger partial charge in [-0.2, -0.15) is 0 Å². The van der Waals surface area contributed by atoms with E-state index in [-0.39, 0.29) is 11.3 Å². The molecule has 1 aliphatic rings. The van der Waals surface area contributed by atoms with Crippen LogP contribution in [0.2, 0.25) is 0 Å². The van der Waals surface area contributed by atoms with Gasteiger partial charge in [-0.3, -0.25) is 9.36 Å². The number of aromatic nitrogens is 2. The molecular weight excluding hydrogens is 328 g/mol. The van der Waals surface area contributed by atoms with E-state index in [1.165, 1.54) is 0 Å². The highest BCUT2D eigenvalue weighted by atomic mass is 16.5. The van der Waals surface area contributed by atoms with Crippen molar-refractivity contribution in [2.24, 2.45) is 5.41 Å². The summed E-state index contributed by atoms with van der Waals surface area (Å²) >= 11 is 0. The number of rotatable bonds is 4. The van der Waals surface area contributed by atoms with Crippen LogP contribution < -0.4 is 9.64 Å². The van der Waals surface area contributed by atoms with Gasteiger partial charge >= 0.3 is 0 Å². The molecule has 140 valence electrons. The highest BCUT2D eigenvalue weighted by Crippen LogP contribution is 2.24. The van der Waals surface area contributed by atoms with Crippen molar-refractivity contribution in [1.29, 1.82) is 0 Å². The van der Waals surface area contributed by atoms with Gasteiger partial charge in [0.15, 0.2) is 0 Å². The fourth-order valence-electron chi connectivity index (χ4n) is 3.21. The minimum Gasteiger partial charge on any atom is -0.497 e. The van der Waals surface area contributed by atoms with Crippen LogP contribution in [-0.4, -0.2) is 53.6 Å². The molecular formula is C20H28N4O2. The number of benzene rings is 1. The Labute approximate surface area is 155 Å². The number of carbonyl (C=O) groups is 1. The first-order valence-corrected chi connectivity index (χ1v) is 9.08. The van der Waals surface area contributed by atoms with Crippen LogP contribution in [0.25, 0.3) is 5.69 Å². The van der Waals surface area contributed by atoms with Crippen LogP contribution in [0.15, 0.2) is 36.7 Å². The second kappa shape index (κ2) is 7.40. The van der Waals surface area contributed by atoms with Crippen molar-refractivity contribution >= 4 is 11.9 Å². The zero-order valence-electron chi connectivity index (χ0n) is 16.1. The van der Waals surface area contributed by atoms with Crippen molar-refractivity contribution in [2.75, 3.05) is 38.2 Å². The summed E-state index contributed by atoms with van der Waals surface area (Å²) in [6.45, 7) is 9.36. The van der Waals surface area contributed by atoms with Crippen molar-refractivity contribution in [3.63, 3.8) is 0 Å². The first kappa shape index (κ1) is 18.3. The molecule has 0 atom stereocenters. The Hall–Kier alpha value is -2.50. The minimum atomic E-state index is 0.0246. The topological polar surface area (TPSA) is 50.6 Å². The van der Waals surface area contributed by atoms with Gasteiger partial charge in [0.05, 0.1) is 12.8 Å². The molecule has 0 radical (unpaired) electrons. The molecule has 3 rings (SSSR count). The summed E-state index contributed by atoms with van der Waals surface area (Å²) in [5.41, 5.74) is 1.04. The summed E-state index contributed by atoms with van der Waals surface area (Å²) in [5, 5.41) is 0. The molecule has 0 N–H and O–H groups in total. The quantitative estimate of drug-likeness (QED) is 0.845. The van der Waals surface area contributed by atoms with E-state index in [9.17, 15) is 4.79 Å². The number of piperazine rings is 1. The van der Waals surface area contributed by atoms with E-state index in [4.69, 9.17) is 4.74 Å². The first-order chi connectivity index (χ1) is 12.4. The van der Waals surface area contributed by atoms with E-state index < -0.39 is 0 Å². The van der Waals surface area contributed by atoms with Crippen LogP contribution in [0.1, 0.15) is 27.2 Å². The lowest BCUT2D eigenvalue weighted by molar-refractivity contribution is -0.133. The molecule has 0 aliphatic carbocycles. The molecule has 1 amide bonds. The number of ether oxygens (including phenoxy) is 1. The maximum atomic E-state index is 12.4. The first-order valence-electron chi connectivity index (χ1n) is 9.08. The molecule has 1 saturated heterocycles. The smallest absolute Gasteiger partial charge is 0.223 e. The van der Waals surface area contributed by atoms with Crippen LogP contribution in [0, 0.1) is 5.41 Å². The lowest BCUT2D eigenvalue weighted by atomic mass is 9.91. The second-order valence-corrected chi connectivity index (χ2v) is 7.90. The van der Waals surface area contributed by atoms with Gasteiger partial charge in [0.1, 0.15) is 5.75 Å². The Morgan fingerprint density at radius 1 is 1.19 bits per heavy atom. The molecule has 2 heterocycles. The molecule has 6 heteroatoms. The van der Waals surface area contributed by atoms with Crippen LogP contribution in [-0.2, 0) is 4.79 Å². The molecule has 0 unspecified atom stereocenters. The third-order valence-electron chi connectivity index (χ3n) is 4.55. The number of amides is 1. The van der Waals surface area contributed by atoms with E-state index in [0.717, 1.165) is 43.6 Å². The van der Waals surface area contributed by atoms with Crippen molar-refractivity contribution in [2.45, 2.75) is 27.2 Å². The highest BCUT2D eigenvalue weighted by Gasteiger charge is 2.26. The van der Waals surface area contributed by atoms with Gasteiger partial charge in [0, 0.05) is 51.1 Å². The van der Waals surface area contributed by atoms with Crippen LogP contribution in [0.4, 0.5) is 5.95 Å². The standard InChI is InChI=1S/C20H28N4O2/c1-20(2,3)15-18(25)22-10-12-23(13-11-22)19-21-8-9-24(19)16-6-5-7-17(14-16)26-4/h5-9,14H,10-13,15H2,1-4H3. The molecule has 1 aromatic carbocycles. The Morgan fingerprint density at radius 2 is 1.92 bits per heavy atom. The van der Waals surface area contributed by atoms with Crippen molar-refractivity contribution in [1.82, 2.24) is 14.5 Å². The minimum absolute atomic E-state index is 0.0246. The predicted octanol–water partition coefficient (Wildman–Crippen LogP) is 2.97. The Bertz CT molecular complexity index is 755. The number of methoxy groups -OCH3 is 1. The lowest BCUT2D eigenvalue weighted by Gasteiger charge is -2.36. The van der Waals surface area contributed by atoms with E-state index in [1.807, 2.05) is 41.6 Å². The monoisotopic (exact) mass is 356 g/mol. The summed E-state index contributed by atoms with van der Waals surface area (Å²) < 4.78 is 7.39. The molecule has 1 aliphatic heterocycles. The molecule has 26 heavy (non-hydrogen) atoms. The Balaban J connectivity index is 1.69. The molecule has 0 bridgehead atoms. The fourth-order valence-corrected chi connectivity index (χ4v) is 3.21. The Kier molecular flexibility index (Phi) is 5.20. The second-order valence-electron chi connectivity index (χ2n) is 7.90. The average molecular weight is 356 g/mol. The maximum absolute atomic E-state index is 12.4. The van der Waals surface area contributed by atoms with Gasteiger partial charge in [0.25, 0.3) is 0 Å². The molecule has 6 nitrogen and oxygen atoms in total. The van der Waals surface area contributed by atoms with Gasteiger partial charge in [-0.15, -0.1) is 0 Å². The van der Waals surface area contributed by atoms with E-state index in [0.29, 0.717) is 6.42 Å². The summed E-state index contributed by atoms with van der Waals surface area (Å²) in [5.74, 6) is 1.97. The number of imidazole rings is 1. The van der Waals surface area contributed by atoms with E-state index in [2.05, 4.69) is 35.2 Å². The summed E-state index contributed by atoms with van der Waals surface area (Å²) in [6, 6.07) is 7.94. The predicted molar refractivity (Wildman–Crippen MR) is 103 cm³/mol. The number of hydrogen-bond donors (Lipinski definition) is 0. The highest BCUT2D eigenvalue weighted by molar-refractivity contribution is 5.77. The summed E-state index contributed by atoms with van der Waals surface area (Å²) in [7, 11) is 1.67. The molecule has 2 aromatic rings. The normalized spacial score (nSPS) is 15.2. The van der Waals surface area contributed by atoms with Gasteiger partial charge < -0.3 is 14.5 Å². The van der Waals surface area contributed by atoms with E-state index >= 15 is 0 Å². The van der Waals surface area contributed by atoms with Crippen LogP contribution in [0.5, 0.6) is 5.75 Å².